The Kier molecular flexibility index (Phi) is 6.88. The van der Waals surface area contributed by atoms with Crippen molar-refractivity contribution in [2.75, 3.05) is 23.8 Å². The Morgan fingerprint density at radius 2 is 2.07 bits per heavy atom. The molecule has 0 amide bonds. The summed E-state index contributed by atoms with van der Waals surface area (Å²) < 4.78 is 37.3. The predicted molar refractivity (Wildman–Crippen MR) is 103 cm³/mol. The molecule has 152 valence electrons. The van der Waals surface area contributed by atoms with Crippen LogP contribution in [0.15, 0.2) is 18.2 Å². The zero-order valence-corrected chi connectivity index (χ0v) is 17.0. The van der Waals surface area contributed by atoms with Gasteiger partial charge in [0.2, 0.25) is 0 Å². The average molecular weight is 400 g/mol. The van der Waals surface area contributed by atoms with Gasteiger partial charge in [-0.15, -0.1) is 0 Å². The van der Waals surface area contributed by atoms with Gasteiger partial charge in [0.25, 0.3) is 10.1 Å². The van der Waals surface area contributed by atoms with Crippen molar-refractivity contribution in [1.29, 1.82) is 0 Å². The van der Waals surface area contributed by atoms with Crippen molar-refractivity contribution in [2.24, 2.45) is 0 Å². The highest BCUT2D eigenvalue weighted by Crippen LogP contribution is 2.44. The second kappa shape index (κ2) is 8.58. The molecule has 1 unspecified atom stereocenters. The molecule has 1 aliphatic heterocycles. The average Bonchev–Trinajstić information content (AvgIpc) is 2.55. The monoisotopic (exact) mass is 399 g/mol. The molecule has 1 aromatic rings. The van der Waals surface area contributed by atoms with Crippen molar-refractivity contribution in [3.8, 4) is 0 Å². The number of aliphatic hydroxyl groups is 1. The van der Waals surface area contributed by atoms with Crippen LogP contribution in [0, 0.1) is 0 Å². The van der Waals surface area contributed by atoms with Gasteiger partial charge in [-0.2, -0.15) is 8.42 Å². The van der Waals surface area contributed by atoms with E-state index in [2.05, 4.69) is 4.90 Å². The van der Waals surface area contributed by atoms with Crippen LogP contribution in [0.4, 0.5) is 5.69 Å². The Labute approximate surface area is 161 Å². The molecule has 0 bridgehead atoms. The number of aliphatic hydroxyl groups excluding tert-OH is 1. The van der Waals surface area contributed by atoms with Crippen molar-refractivity contribution in [3.05, 3.63) is 29.3 Å². The number of benzene rings is 1. The molecule has 0 saturated heterocycles. The number of ether oxygens (including phenoxy) is 1. The first-order valence-corrected chi connectivity index (χ1v) is 10.8. The summed E-state index contributed by atoms with van der Waals surface area (Å²) in [6.45, 7) is 6.65. The van der Waals surface area contributed by atoms with Gasteiger partial charge in [-0.25, -0.2) is 0 Å². The molecule has 1 aromatic carbocycles. The van der Waals surface area contributed by atoms with Gasteiger partial charge in [0.05, 0.1) is 19.0 Å². The van der Waals surface area contributed by atoms with E-state index in [1.54, 1.807) is 13.0 Å². The highest BCUT2D eigenvalue weighted by molar-refractivity contribution is 7.85. The minimum atomic E-state index is -4.11. The largest absolute Gasteiger partial charge is 0.466 e. The molecule has 0 aliphatic carbocycles. The number of carbonyl (C=O) groups excluding carboxylic acids is 1. The minimum absolute atomic E-state index is 0.118. The summed E-state index contributed by atoms with van der Waals surface area (Å²) in [5, 5.41) is 9.50. The molecule has 27 heavy (non-hydrogen) atoms. The molecule has 1 atom stereocenters. The second-order valence-corrected chi connectivity index (χ2v) is 9.07. The fraction of sp³-hybridized carbons (Fsp3) is 0.632. The topological polar surface area (TPSA) is 104 Å². The molecular weight excluding hydrogens is 370 g/mol. The van der Waals surface area contributed by atoms with Crippen molar-refractivity contribution in [2.45, 2.75) is 58.1 Å². The highest BCUT2D eigenvalue weighted by Gasteiger charge is 2.39. The van der Waals surface area contributed by atoms with E-state index < -0.39 is 10.1 Å². The minimum Gasteiger partial charge on any atom is -0.466 e. The number of nitrogens with zero attached hydrogens (tertiary/aromatic N) is 1. The Bertz CT molecular complexity index is 774. The van der Waals surface area contributed by atoms with Crippen LogP contribution >= 0.6 is 0 Å². The first kappa shape index (κ1) is 21.7. The van der Waals surface area contributed by atoms with Crippen molar-refractivity contribution in [3.63, 3.8) is 0 Å². The summed E-state index contributed by atoms with van der Waals surface area (Å²) in [7, 11) is -4.11. The molecule has 2 N–H and O–H groups in total. The van der Waals surface area contributed by atoms with Gasteiger partial charge >= 0.3 is 5.97 Å². The summed E-state index contributed by atoms with van der Waals surface area (Å²) in [5.74, 6) is -0.904. The van der Waals surface area contributed by atoms with Crippen LogP contribution in [-0.4, -0.2) is 48.5 Å². The van der Waals surface area contributed by atoms with E-state index in [1.165, 1.54) is 0 Å². The van der Waals surface area contributed by atoms with Gasteiger partial charge in [-0.3, -0.25) is 9.35 Å². The number of esters is 1. The maximum atomic E-state index is 11.6. The smallest absolute Gasteiger partial charge is 0.305 e. The van der Waals surface area contributed by atoms with E-state index in [0.29, 0.717) is 32.4 Å². The first-order valence-electron chi connectivity index (χ1n) is 9.19. The number of rotatable bonds is 8. The molecular formula is C19H29NO6S. The van der Waals surface area contributed by atoms with Crippen LogP contribution < -0.4 is 4.90 Å². The molecule has 8 heteroatoms. The van der Waals surface area contributed by atoms with Crippen molar-refractivity contribution in [1.82, 2.24) is 0 Å². The molecule has 0 saturated carbocycles. The molecule has 0 fully saturated rings. The molecule has 0 spiro atoms. The highest BCUT2D eigenvalue weighted by atomic mass is 32.2. The van der Waals surface area contributed by atoms with Crippen molar-refractivity contribution < 1.29 is 27.6 Å². The maximum absolute atomic E-state index is 11.6. The molecule has 0 aromatic heterocycles. The molecule has 1 heterocycles. The zero-order chi connectivity index (χ0) is 20.2. The summed E-state index contributed by atoms with van der Waals surface area (Å²) in [6, 6.07) is 5.45. The lowest BCUT2D eigenvalue weighted by Crippen LogP contribution is -2.50. The number of carbonyl (C=O) groups is 1. The third-order valence-corrected chi connectivity index (χ3v) is 5.79. The van der Waals surface area contributed by atoms with Gasteiger partial charge in [-0.1, -0.05) is 12.1 Å². The summed E-state index contributed by atoms with van der Waals surface area (Å²) in [4.78, 5) is 13.8. The van der Waals surface area contributed by atoms with Crippen LogP contribution in [0.25, 0.3) is 0 Å². The number of hydrogen-bond donors (Lipinski definition) is 2. The molecule has 7 nitrogen and oxygen atoms in total. The Hall–Kier alpha value is -1.64. The number of anilines is 1. The third kappa shape index (κ3) is 5.67. The second-order valence-electron chi connectivity index (χ2n) is 7.57. The predicted octanol–water partition coefficient (Wildman–Crippen LogP) is 2.48. The van der Waals surface area contributed by atoms with Crippen LogP contribution in [0.5, 0.6) is 0 Å². The zero-order valence-electron chi connectivity index (χ0n) is 16.1. The SMILES string of the molecule is CCOC(=O)CCCN1c2cc(CO)ccc2C(CS(=O)(=O)O)CC1(C)C. The van der Waals surface area contributed by atoms with Crippen LogP contribution in [0.1, 0.15) is 57.1 Å². The van der Waals surface area contributed by atoms with Crippen LogP contribution in [0.3, 0.4) is 0 Å². The van der Waals surface area contributed by atoms with Gasteiger partial charge < -0.3 is 14.7 Å². The van der Waals surface area contributed by atoms with E-state index in [1.807, 2.05) is 26.0 Å². The number of hydrogen-bond acceptors (Lipinski definition) is 6. The Balaban J connectivity index is 2.32. The third-order valence-electron chi connectivity index (χ3n) is 4.96. The Morgan fingerprint density at radius 1 is 1.37 bits per heavy atom. The molecule has 2 rings (SSSR count). The standard InChI is InChI=1S/C19H29NO6S/c1-4-26-18(22)6-5-9-20-17-10-14(12-21)7-8-16(17)15(11-19(20,2)3)13-27(23,24)25/h7-8,10,15,21H,4-6,9,11-13H2,1-3H3,(H,23,24,25). The fourth-order valence-electron chi connectivity index (χ4n) is 3.86. The quantitative estimate of drug-likeness (QED) is 0.511. The van der Waals surface area contributed by atoms with E-state index in [9.17, 15) is 22.9 Å². The Morgan fingerprint density at radius 3 is 2.67 bits per heavy atom. The van der Waals surface area contributed by atoms with Crippen LogP contribution in [-0.2, 0) is 26.3 Å². The van der Waals surface area contributed by atoms with Gasteiger partial charge in [0, 0.05) is 30.1 Å². The van der Waals surface area contributed by atoms with Gasteiger partial charge in [-0.05, 0) is 50.8 Å². The van der Waals surface area contributed by atoms with E-state index in [0.717, 1.165) is 16.8 Å². The number of fused-ring (bicyclic) bond motifs is 1. The van der Waals surface area contributed by atoms with E-state index in [4.69, 9.17) is 4.74 Å². The molecule has 1 aliphatic rings. The summed E-state index contributed by atoms with van der Waals surface area (Å²) >= 11 is 0. The van der Waals surface area contributed by atoms with E-state index in [-0.39, 0.29) is 29.8 Å². The maximum Gasteiger partial charge on any atom is 0.305 e. The van der Waals surface area contributed by atoms with Crippen molar-refractivity contribution >= 4 is 21.8 Å². The summed E-state index contributed by atoms with van der Waals surface area (Å²) in [5.41, 5.74) is 2.04. The van der Waals surface area contributed by atoms with Gasteiger partial charge in [0.15, 0.2) is 0 Å². The normalized spacial score (nSPS) is 18.9. The van der Waals surface area contributed by atoms with E-state index >= 15 is 0 Å². The van der Waals surface area contributed by atoms with Crippen LogP contribution in [0.2, 0.25) is 0 Å². The fourth-order valence-corrected chi connectivity index (χ4v) is 4.66. The summed E-state index contributed by atoms with van der Waals surface area (Å²) in [6.07, 6.45) is 1.47. The lowest BCUT2D eigenvalue weighted by Gasteiger charge is -2.48. The first-order chi connectivity index (χ1) is 12.6. The van der Waals surface area contributed by atoms with Gasteiger partial charge in [0.1, 0.15) is 0 Å². The lowest BCUT2D eigenvalue weighted by atomic mass is 9.79. The lowest BCUT2D eigenvalue weighted by molar-refractivity contribution is -0.143. The molecule has 0 radical (unpaired) electrons.